The van der Waals surface area contributed by atoms with E-state index in [4.69, 9.17) is 0 Å². The first-order valence-corrected chi connectivity index (χ1v) is 8.46. The topological polar surface area (TPSA) is 71.1 Å². The molecular formula is C17H20FN3O2S. The Bertz CT molecular complexity index is 745. The molecule has 0 fully saturated rings. The Kier molecular flexibility index (Phi) is 6.03. The largest absolute Gasteiger partial charge is 0.356 e. The highest BCUT2D eigenvalue weighted by Crippen LogP contribution is 2.32. The van der Waals surface area contributed by atoms with Gasteiger partial charge in [0.05, 0.1) is 16.6 Å². The van der Waals surface area contributed by atoms with Gasteiger partial charge >= 0.3 is 0 Å². The van der Waals surface area contributed by atoms with Gasteiger partial charge in [0.1, 0.15) is 10.8 Å². The summed E-state index contributed by atoms with van der Waals surface area (Å²) in [4.78, 5) is 28.0. The van der Waals surface area contributed by atoms with Crippen molar-refractivity contribution in [3.63, 3.8) is 0 Å². The van der Waals surface area contributed by atoms with Gasteiger partial charge in [0.2, 0.25) is 11.8 Å². The molecule has 0 radical (unpaired) electrons. The number of thiazole rings is 1. The molecule has 128 valence electrons. The minimum absolute atomic E-state index is 0.156. The van der Waals surface area contributed by atoms with Crippen LogP contribution in [-0.4, -0.2) is 23.3 Å². The maximum absolute atomic E-state index is 13.9. The van der Waals surface area contributed by atoms with Crippen molar-refractivity contribution in [3.05, 3.63) is 40.7 Å². The van der Waals surface area contributed by atoms with Crippen LogP contribution in [0.2, 0.25) is 0 Å². The van der Waals surface area contributed by atoms with Gasteiger partial charge < -0.3 is 10.6 Å². The fraction of sp³-hybridized carbons (Fsp3) is 0.353. The van der Waals surface area contributed by atoms with E-state index in [-0.39, 0.29) is 30.1 Å². The number of carbonyl (C=O) groups is 2. The molecule has 0 saturated heterocycles. The van der Waals surface area contributed by atoms with Gasteiger partial charge in [0, 0.05) is 25.5 Å². The summed E-state index contributed by atoms with van der Waals surface area (Å²) >= 11 is 1.37. The minimum Gasteiger partial charge on any atom is -0.356 e. The molecule has 2 N–H and O–H groups in total. The minimum atomic E-state index is -0.315. The van der Waals surface area contributed by atoms with Crippen LogP contribution in [-0.2, 0) is 9.59 Å². The second-order valence-electron chi connectivity index (χ2n) is 5.47. The number of hydrogen-bond acceptors (Lipinski definition) is 4. The zero-order chi connectivity index (χ0) is 17.7. The lowest BCUT2D eigenvalue weighted by molar-refractivity contribution is -0.122. The molecular weight excluding hydrogens is 329 g/mol. The highest BCUT2D eigenvalue weighted by Gasteiger charge is 2.18. The molecule has 0 unspecified atom stereocenters. The third-order valence-electron chi connectivity index (χ3n) is 3.43. The van der Waals surface area contributed by atoms with Crippen molar-refractivity contribution in [2.24, 2.45) is 0 Å². The van der Waals surface area contributed by atoms with E-state index in [1.807, 2.05) is 13.8 Å². The van der Waals surface area contributed by atoms with Crippen LogP contribution < -0.4 is 10.6 Å². The fourth-order valence-corrected chi connectivity index (χ4v) is 3.39. The predicted molar refractivity (Wildman–Crippen MR) is 92.1 cm³/mol. The van der Waals surface area contributed by atoms with E-state index in [2.05, 4.69) is 15.6 Å². The average Bonchev–Trinajstić information content (AvgIpc) is 2.89. The lowest BCUT2D eigenvalue weighted by atomic mass is 10.2. The highest BCUT2D eigenvalue weighted by atomic mass is 32.1. The Morgan fingerprint density at radius 2 is 2.04 bits per heavy atom. The summed E-state index contributed by atoms with van der Waals surface area (Å²) in [5.74, 6) is -0.634. The molecule has 24 heavy (non-hydrogen) atoms. The lowest BCUT2D eigenvalue weighted by Gasteiger charge is -2.13. The Hall–Kier alpha value is -2.28. The molecule has 7 heteroatoms. The van der Waals surface area contributed by atoms with E-state index in [0.29, 0.717) is 17.1 Å². The molecule has 0 aliphatic heterocycles. The second-order valence-corrected chi connectivity index (χ2v) is 6.50. The maximum atomic E-state index is 13.9. The zero-order valence-corrected chi connectivity index (χ0v) is 14.7. The third-order valence-corrected chi connectivity index (χ3v) is 4.81. The average molecular weight is 349 g/mol. The summed E-state index contributed by atoms with van der Waals surface area (Å²) < 4.78 is 13.9. The van der Waals surface area contributed by atoms with Gasteiger partial charge in [-0.05, 0) is 26.0 Å². The van der Waals surface area contributed by atoms with Crippen molar-refractivity contribution in [1.29, 1.82) is 0 Å². The van der Waals surface area contributed by atoms with Crippen LogP contribution in [0.4, 0.5) is 4.39 Å². The number of nitrogens with zero attached hydrogens (tertiary/aromatic N) is 1. The fourth-order valence-electron chi connectivity index (χ4n) is 2.29. The number of halogens is 1. The highest BCUT2D eigenvalue weighted by molar-refractivity contribution is 7.15. The van der Waals surface area contributed by atoms with Crippen molar-refractivity contribution < 1.29 is 14.0 Å². The van der Waals surface area contributed by atoms with Gasteiger partial charge in [-0.1, -0.05) is 12.1 Å². The van der Waals surface area contributed by atoms with Crippen molar-refractivity contribution in [2.45, 2.75) is 33.2 Å². The Balaban J connectivity index is 2.05. The molecule has 1 atom stereocenters. The van der Waals surface area contributed by atoms with Crippen LogP contribution in [0.15, 0.2) is 24.3 Å². The standard InChI is InChI=1S/C17H20FN3O2S/c1-10(20-15(23)8-9-19-12(3)22)16-11(2)21-17(24-16)13-6-4-5-7-14(13)18/h4-7,10H,8-9H2,1-3H3,(H,19,22)(H,20,23)/t10-/m0/s1. The Morgan fingerprint density at radius 1 is 1.33 bits per heavy atom. The molecule has 1 aromatic carbocycles. The summed E-state index contributed by atoms with van der Waals surface area (Å²) in [5.41, 5.74) is 1.23. The second kappa shape index (κ2) is 8.01. The van der Waals surface area contributed by atoms with Crippen LogP contribution in [0.5, 0.6) is 0 Å². The number of aryl methyl sites for hydroxylation is 1. The van der Waals surface area contributed by atoms with E-state index in [9.17, 15) is 14.0 Å². The van der Waals surface area contributed by atoms with Gasteiger partial charge in [-0.15, -0.1) is 11.3 Å². The molecule has 2 aromatic rings. The number of aromatic nitrogens is 1. The van der Waals surface area contributed by atoms with Gasteiger partial charge in [-0.25, -0.2) is 9.37 Å². The quantitative estimate of drug-likeness (QED) is 0.842. The number of benzene rings is 1. The van der Waals surface area contributed by atoms with E-state index < -0.39 is 0 Å². The monoisotopic (exact) mass is 349 g/mol. The number of amides is 2. The number of rotatable bonds is 6. The van der Waals surface area contributed by atoms with Crippen LogP contribution in [0.25, 0.3) is 10.6 Å². The SMILES string of the molecule is CC(=O)NCCC(=O)N[C@@H](C)c1sc(-c2ccccc2F)nc1C. The Morgan fingerprint density at radius 3 is 2.71 bits per heavy atom. The molecule has 5 nitrogen and oxygen atoms in total. The molecule has 0 aliphatic rings. The molecule has 2 amide bonds. The van der Waals surface area contributed by atoms with E-state index in [0.717, 1.165) is 10.6 Å². The van der Waals surface area contributed by atoms with Gasteiger partial charge in [0.25, 0.3) is 0 Å². The molecule has 0 aliphatic carbocycles. The van der Waals surface area contributed by atoms with Crippen LogP contribution in [0.1, 0.15) is 36.9 Å². The number of hydrogen-bond donors (Lipinski definition) is 2. The van der Waals surface area contributed by atoms with Gasteiger partial charge in [-0.2, -0.15) is 0 Å². The number of nitrogens with one attached hydrogen (secondary N) is 2. The molecule has 1 aromatic heterocycles. The van der Waals surface area contributed by atoms with Gasteiger partial charge in [0.15, 0.2) is 0 Å². The first-order valence-electron chi connectivity index (χ1n) is 7.64. The summed E-state index contributed by atoms with van der Waals surface area (Å²) in [6.07, 6.45) is 0.210. The smallest absolute Gasteiger partial charge is 0.222 e. The van der Waals surface area contributed by atoms with E-state index in [1.165, 1.54) is 24.3 Å². The number of carbonyl (C=O) groups excluding carboxylic acids is 2. The first kappa shape index (κ1) is 18.1. The third kappa shape index (κ3) is 4.61. The summed E-state index contributed by atoms with van der Waals surface area (Å²) in [5, 5.41) is 6.06. The predicted octanol–water partition coefficient (Wildman–Crippen LogP) is 2.96. The molecule has 1 heterocycles. The van der Waals surface area contributed by atoms with Crippen molar-refractivity contribution in [3.8, 4) is 10.6 Å². The van der Waals surface area contributed by atoms with Crippen molar-refractivity contribution in [2.75, 3.05) is 6.54 Å². The van der Waals surface area contributed by atoms with Gasteiger partial charge in [-0.3, -0.25) is 9.59 Å². The summed E-state index contributed by atoms with van der Waals surface area (Å²) in [6.45, 7) is 5.42. The summed E-state index contributed by atoms with van der Waals surface area (Å²) in [6, 6.07) is 6.26. The van der Waals surface area contributed by atoms with E-state index in [1.54, 1.807) is 18.2 Å². The Labute approximate surface area is 144 Å². The van der Waals surface area contributed by atoms with E-state index >= 15 is 0 Å². The van der Waals surface area contributed by atoms with Crippen molar-refractivity contribution in [1.82, 2.24) is 15.6 Å². The summed E-state index contributed by atoms with van der Waals surface area (Å²) in [7, 11) is 0. The molecule has 0 saturated carbocycles. The lowest BCUT2D eigenvalue weighted by Crippen LogP contribution is -2.31. The van der Waals surface area contributed by atoms with Crippen LogP contribution >= 0.6 is 11.3 Å². The van der Waals surface area contributed by atoms with Crippen molar-refractivity contribution >= 4 is 23.2 Å². The molecule has 2 rings (SSSR count). The normalized spacial score (nSPS) is 11.8. The zero-order valence-electron chi connectivity index (χ0n) is 13.9. The first-order chi connectivity index (χ1) is 11.4. The van der Waals surface area contributed by atoms with Crippen LogP contribution in [0, 0.1) is 12.7 Å². The van der Waals surface area contributed by atoms with Crippen LogP contribution in [0.3, 0.4) is 0 Å². The molecule has 0 spiro atoms. The maximum Gasteiger partial charge on any atom is 0.222 e. The molecule has 0 bridgehead atoms.